The zero-order valence-corrected chi connectivity index (χ0v) is 10.3. The maximum Gasteiger partial charge on any atom is 0.0127 e. The Morgan fingerprint density at radius 1 is 0.867 bits per heavy atom. The van der Waals surface area contributed by atoms with Crippen LogP contribution in [-0.4, -0.2) is 11.6 Å². The average molecular weight is 212 g/mol. The third kappa shape index (κ3) is 6.16. The summed E-state index contributed by atoms with van der Waals surface area (Å²) < 4.78 is 0. The fourth-order valence-corrected chi connectivity index (χ4v) is 2.36. The van der Waals surface area contributed by atoms with Gasteiger partial charge < -0.3 is 11.5 Å². The van der Waals surface area contributed by atoms with E-state index < -0.39 is 0 Å². The van der Waals surface area contributed by atoms with Crippen molar-refractivity contribution >= 4 is 0 Å². The minimum absolute atomic E-state index is 0.0792. The lowest BCUT2D eigenvalue weighted by atomic mass is 9.82. The molecule has 2 fully saturated rings. The lowest BCUT2D eigenvalue weighted by Crippen LogP contribution is -2.43. The molecule has 0 radical (unpaired) electrons. The number of hydrogen-bond acceptors (Lipinski definition) is 2. The topological polar surface area (TPSA) is 52.0 Å². The van der Waals surface area contributed by atoms with Gasteiger partial charge in [-0.1, -0.05) is 38.5 Å². The zero-order valence-electron chi connectivity index (χ0n) is 10.3. The second-order valence-electron chi connectivity index (χ2n) is 5.61. The SMILES string of the molecule is C1CCCCC1.CC1(N)CCC(N)CC1. The van der Waals surface area contributed by atoms with Gasteiger partial charge in [-0.15, -0.1) is 0 Å². The van der Waals surface area contributed by atoms with Crippen molar-refractivity contribution < 1.29 is 0 Å². The van der Waals surface area contributed by atoms with E-state index in [4.69, 9.17) is 11.5 Å². The van der Waals surface area contributed by atoms with Gasteiger partial charge in [0.15, 0.2) is 0 Å². The normalized spacial score (nSPS) is 36.6. The van der Waals surface area contributed by atoms with Crippen LogP contribution >= 0.6 is 0 Å². The van der Waals surface area contributed by atoms with E-state index in [0.717, 1.165) is 25.7 Å². The molecule has 2 saturated carbocycles. The largest absolute Gasteiger partial charge is 0.328 e. The van der Waals surface area contributed by atoms with Crippen LogP contribution in [0, 0.1) is 0 Å². The van der Waals surface area contributed by atoms with Crippen LogP contribution in [0.5, 0.6) is 0 Å². The van der Waals surface area contributed by atoms with Crippen molar-refractivity contribution in [3.05, 3.63) is 0 Å². The van der Waals surface area contributed by atoms with Gasteiger partial charge in [-0.3, -0.25) is 0 Å². The maximum absolute atomic E-state index is 5.88. The molecule has 2 aliphatic carbocycles. The van der Waals surface area contributed by atoms with Gasteiger partial charge >= 0.3 is 0 Å². The summed E-state index contributed by atoms with van der Waals surface area (Å²) in [6.45, 7) is 2.11. The molecule has 15 heavy (non-hydrogen) atoms. The van der Waals surface area contributed by atoms with Crippen LogP contribution in [0.2, 0.25) is 0 Å². The van der Waals surface area contributed by atoms with Gasteiger partial charge in [-0.05, 0) is 32.6 Å². The van der Waals surface area contributed by atoms with Crippen molar-refractivity contribution in [3.63, 3.8) is 0 Å². The predicted octanol–water partition coefficient (Wildman–Crippen LogP) is 2.95. The molecule has 4 N–H and O–H groups in total. The van der Waals surface area contributed by atoms with E-state index in [1.54, 1.807) is 0 Å². The number of hydrogen-bond donors (Lipinski definition) is 2. The molecule has 2 rings (SSSR count). The zero-order chi connectivity index (χ0) is 11.1. The molecule has 2 aliphatic rings. The van der Waals surface area contributed by atoms with Gasteiger partial charge in [0.25, 0.3) is 0 Å². The first-order valence-electron chi connectivity index (χ1n) is 6.65. The highest BCUT2D eigenvalue weighted by atomic mass is 14.8. The first-order valence-corrected chi connectivity index (χ1v) is 6.65. The summed E-state index contributed by atoms with van der Waals surface area (Å²) in [6.07, 6.45) is 13.4. The molecular formula is C13H28N2. The predicted molar refractivity (Wildman–Crippen MR) is 66.7 cm³/mol. The monoisotopic (exact) mass is 212 g/mol. The van der Waals surface area contributed by atoms with Crippen LogP contribution in [-0.2, 0) is 0 Å². The molecule has 0 saturated heterocycles. The van der Waals surface area contributed by atoms with Crippen molar-refractivity contribution in [3.8, 4) is 0 Å². The Kier molecular flexibility index (Phi) is 5.62. The van der Waals surface area contributed by atoms with Gasteiger partial charge in [-0.2, -0.15) is 0 Å². The third-order valence-corrected chi connectivity index (χ3v) is 3.67. The smallest absolute Gasteiger partial charge is 0.0127 e. The molecule has 2 heteroatoms. The summed E-state index contributed by atoms with van der Waals surface area (Å²) in [5.74, 6) is 0. The van der Waals surface area contributed by atoms with Crippen LogP contribution < -0.4 is 11.5 Å². The van der Waals surface area contributed by atoms with Crippen molar-refractivity contribution in [2.75, 3.05) is 0 Å². The standard InChI is InChI=1S/C7H16N2.C6H12/c1-7(9)4-2-6(8)3-5-7;1-2-4-6-5-3-1/h6H,2-5,8-9H2,1H3;1-6H2. The lowest BCUT2D eigenvalue weighted by molar-refractivity contribution is 0.296. The Balaban J connectivity index is 0.000000162. The first kappa shape index (κ1) is 13.0. The lowest BCUT2D eigenvalue weighted by Gasteiger charge is -2.32. The highest BCUT2D eigenvalue weighted by Gasteiger charge is 2.24. The Hall–Kier alpha value is -0.0800. The Labute approximate surface area is 94.8 Å². The Morgan fingerprint density at radius 3 is 1.47 bits per heavy atom. The molecule has 0 amide bonds. The minimum Gasteiger partial charge on any atom is -0.328 e. The molecular weight excluding hydrogens is 184 g/mol. The molecule has 0 heterocycles. The van der Waals surface area contributed by atoms with Crippen molar-refractivity contribution in [2.45, 2.75) is 82.7 Å². The van der Waals surface area contributed by atoms with Crippen molar-refractivity contribution in [1.29, 1.82) is 0 Å². The fraction of sp³-hybridized carbons (Fsp3) is 1.00. The quantitative estimate of drug-likeness (QED) is 0.648. The van der Waals surface area contributed by atoms with Crippen LogP contribution in [0.25, 0.3) is 0 Å². The van der Waals surface area contributed by atoms with Crippen LogP contribution in [0.1, 0.15) is 71.1 Å². The Morgan fingerprint density at radius 2 is 1.20 bits per heavy atom. The van der Waals surface area contributed by atoms with Crippen LogP contribution in [0.15, 0.2) is 0 Å². The summed E-state index contributed by atoms with van der Waals surface area (Å²) in [4.78, 5) is 0. The molecule has 0 spiro atoms. The van der Waals surface area contributed by atoms with Crippen LogP contribution in [0.4, 0.5) is 0 Å². The first-order chi connectivity index (χ1) is 7.10. The molecule has 0 unspecified atom stereocenters. The molecule has 90 valence electrons. The molecule has 0 aliphatic heterocycles. The van der Waals surface area contributed by atoms with E-state index in [1.807, 2.05) is 0 Å². The molecule has 0 aromatic heterocycles. The summed E-state index contributed by atoms with van der Waals surface area (Å²) in [7, 11) is 0. The highest BCUT2D eigenvalue weighted by molar-refractivity contribution is 4.86. The summed E-state index contributed by atoms with van der Waals surface area (Å²) in [5.41, 5.74) is 11.7. The van der Waals surface area contributed by atoms with E-state index in [2.05, 4.69) is 6.92 Å². The van der Waals surface area contributed by atoms with E-state index >= 15 is 0 Å². The summed E-state index contributed by atoms with van der Waals surface area (Å²) in [5, 5.41) is 0. The third-order valence-electron chi connectivity index (χ3n) is 3.67. The van der Waals surface area contributed by atoms with Crippen molar-refractivity contribution in [1.82, 2.24) is 0 Å². The van der Waals surface area contributed by atoms with Gasteiger partial charge in [0.2, 0.25) is 0 Å². The van der Waals surface area contributed by atoms with E-state index in [-0.39, 0.29) is 5.54 Å². The molecule has 2 nitrogen and oxygen atoms in total. The van der Waals surface area contributed by atoms with E-state index in [0.29, 0.717) is 6.04 Å². The fourth-order valence-electron chi connectivity index (χ4n) is 2.36. The Bertz CT molecular complexity index is 140. The van der Waals surface area contributed by atoms with Crippen molar-refractivity contribution in [2.24, 2.45) is 11.5 Å². The number of nitrogens with two attached hydrogens (primary N) is 2. The summed E-state index contributed by atoms with van der Waals surface area (Å²) >= 11 is 0. The van der Waals surface area contributed by atoms with Gasteiger partial charge in [-0.25, -0.2) is 0 Å². The van der Waals surface area contributed by atoms with Gasteiger partial charge in [0.1, 0.15) is 0 Å². The molecule has 0 bridgehead atoms. The van der Waals surface area contributed by atoms with E-state index in [1.165, 1.54) is 38.5 Å². The molecule has 0 aromatic rings. The maximum atomic E-state index is 5.88. The van der Waals surface area contributed by atoms with Gasteiger partial charge in [0, 0.05) is 11.6 Å². The second-order valence-corrected chi connectivity index (χ2v) is 5.61. The molecule has 0 aromatic carbocycles. The molecule has 0 atom stereocenters. The highest BCUT2D eigenvalue weighted by Crippen LogP contribution is 2.24. The van der Waals surface area contributed by atoms with E-state index in [9.17, 15) is 0 Å². The average Bonchev–Trinajstić information content (AvgIpc) is 2.26. The second kappa shape index (κ2) is 6.49. The van der Waals surface area contributed by atoms with Gasteiger partial charge in [0.05, 0.1) is 0 Å². The van der Waals surface area contributed by atoms with Crippen LogP contribution in [0.3, 0.4) is 0 Å². The minimum atomic E-state index is 0.0792. The number of rotatable bonds is 0. The summed E-state index contributed by atoms with van der Waals surface area (Å²) in [6, 6.07) is 0.418.